The van der Waals surface area contributed by atoms with E-state index in [0.717, 1.165) is 6.42 Å². The van der Waals surface area contributed by atoms with Crippen molar-refractivity contribution in [2.75, 3.05) is 0 Å². The van der Waals surface area contributed by atoms with Crippen LogP contribution in [0.1, 0.15) is 43.1 Å². The summed E-state index contributed by atoms with van der Waals surface area (Å²) in [5, 5.41) is 3.73. The van der Waals surface area contributed by atoms with Gasteiger partial charge in [-0.05, 0) is 24.8 Å². The maximum Gasteiger partial charge on any atom is 0.268 e. The molecule has 1 heterocycles. The topological polar surface area (TPSA) is 44.9 Å². The molecule has 0 aromatic carbocycles. The molecule has 94 valence electrons. The first-order valence-corrected chi connectivity index (χ1v) is 6.68. The van der Waals surface area contributed by atoms with Crippen molar-refractivity contribution in [1.29, 1.82) is 0 Å². The number of aromatic amines is 1. The van der Waals surface area contributed by atoms with E-state index in [1.165, 1.54) is 19.3 Å². The molecule has 3 nitrogen and oxygen atoms in total. The van der Waals surface area contributed by atoms with Gasteiger partial charge in [0.05, 0.1) is 5.02 Å². The third kappa shape index (κ3) is 2.96. The zero-order valence-corrected chi connectivity index (χ0v) is 11.2. The monoisotopic (exact) mass is 274 g/mol. The van der Waals surface area contributed by atoms with Crippen molar-refractivity contribution < 1.29 is 4.79 Å². The number of rotatable bonds is 2. The van der Waals surface area contributed by atoms with Gasteiger partial charge >= 0.3 is 0 Å². The minimum atomic E-state index is -0.127. The fraction of sp³-hybridized carbons (Fsp3) is 0.583. The summed E-state index contributed by atoms with van der Waals surface area (Å²) >= 11 is 11.6. The summed E-state index contributed by atoms with van der Waals surface area (Å²) in [6.07, 6.45) is 4.67. The lowest BCUT2D eigenvalue weighted by Gasteiger charge is -2.29. The van der Waals surface area contributed by atoms with Crippen molar-refractivity contribution in [3.63, 3.8) is 0 Å². The van der Waals surface area contributed by atoms with Gasteiger partial charge in [-0.15, -0.1) is 0 Å². The molecule has 0 saturated heterocycles. The second-order valence-corrected chi connectivity index (χ2v) is 5.47. The first-order valence-electron chi connectivity index (χ1n) is 5.93. The zero-order chi connectivity index (χ0) is 12.4. The highest BCUT2D eigenvalue weighted by Gasteiger charge is 2.24. The Morgan fingerprint density at radius 3 is 2.71 bits per heavy atom. The number of hydrogen-bond donors (Lipinski definition) is 2. The molecule has 1 saturated carbocycles. The van der Waals surface area contributed by atoms with Crippen LogP contribution in [0.15, 0.2) is 6.07 Å². The smallest absolute Gasteiger partial charge is 0.268 e. The zero-order valence-electron chi connectivity index (χ0n) is 9.72. The molecule has 0 bridgehead atoms. The van der Waals surface area contributed by atoms with Crippen molar-refractivity contribution in [3.8, 4) is 0 Å². The van der Waals surface area contributed by atoms with E-state index in [1.807, 2.05) is 0 Å². The van der Waals surface area contributed by atoms with Crippen molar-refractivity contribution in [1.82, 2.24) is 10.3 Å². The summed E-state index contributed by atoms with van der Waals surface area (Å²) in [7, 11) is 0. The van der Waals surface area contributed by atoms with Crippen LogP contribution in [0.4, 0.5) is 0 Å². The van der Waals surface area contributed by atoms with Crippen LogP contribution in [0.3, 0.4) is 0 Å². The van der Waals surface area contributed by atoms with Gasteiger partial charge in [0.1, 0.15) is 10.8 Å². The van der Waals surface area contributed by atoms with Gasteiger partial charge < -0.3 is 10.3 Å². The molecule has 0 aliphatic heterocycles. The number of halogens is 2. The molecule has 1 aliphatic rings. The first-order chi connectivity index (χ1) is 8.08. The molecule has 1 fully saturated rings. The molecule has 5 heteroatoms. The number of nitrogens with one attached hydrogen (secondary N) is 2. The molecule has 2 unspecified atom stereocenters. The Morgan fingerprint density at radius 1 is 1.41 bits per heavy atom. The lowest BCUT2D eigenvalue weighted by molar-refractivity contribution is 0.0906. The van der Waals surface area contributed by atoms with E-state index >= 15 is 0 Å². The Bertz CT molecular complexity index is 397. The van der Waals surface area contributed by atoms with E-state index in [2.05, 4.69) is 17.2 Å². The Morgan fingerprint density at radius 2 is 2.12 bits per heavy atom. The Hall–Kier alpha value is -0.670. The highest BCUT2D eigenvalue weighted by molar-refractivity contribution is 6.41. The number of hydrogen-bond acceptors (Lipinski definition) is 1. The van der Waals surface area contributed by atoms with Gasteiger partial charge in [-0.25, -0.2) is 0 Å². The maximum atomic E-state index is 12.0. The summed E-state index contributed by atoms with van der Waals surface area (Å²) in [6, 6.07) is 1.82. The SMILES string of the molecule is CC1CCCCC1NC(=O)c1cc(Cl)c(Cl)[nH]1. The molecule has 1 aromatic heterocycles. The van der Waals surface area contributed by atoms with Crippen LogP contribution in [0.5, 0.6) is 0 Å². The Balaban J connectivity index is 2.01. The number of amides is 1. The van der Waals surface area contributed by atoms with Gasteiger partial charge in [0, 0.05) is 6.04 Å². The fourth-order valence-corrected chi connectivity index (χ4v) is 2.62. The third-order valence-electron chi connectivity index (χ3n) is 3.40. The second kappa shape index (κ2) is 5.32. The minimum Gasteiger partial charge on any atom is -0.348 e. The van der Waals surface area contributed by atoms with Crippen molar-refractivity contribution >= 4 is 29.1 Å². The van der Waals surface area contributed by atoms with Crippen molar-refractivity contribution in [2.24, 2.45) is 5.92 Å². The third-order valence-corrected chi connectivity index (χ3v) is 4.09. The van der Waals surface area contributed by atoms with Crippen LogP contribution in [-0.4, -0.2) is 16.9 Å². The lowest BCUT2D eigenvalue weighted by Crippen LogP contribution is -2.41. The van der Waals surface area contributed by atoms with E-state index in [4.69, 9.17) is 23.2 Å². The molecule has 1 aliphatic carbocycles. The summed E-state index contributed by atoms with van der Waals surface area (Å²) in [5.74, 6) is 0.408. The van der Waals surface area contributed by atoms with Crippen LogP contribution >= 0.6 is 23.2 Å². The number of carbonyl (C=O) groups is 1. The van der Waals surface area contributed by atoms with Gasteiger partial charge in [0.25, 0.3) is 5.91 Å². The number of aromatic nitrogens is 1. The van der Waals surface area contributed by atoms with Gasteiger partial charge in [-0.2, -0.15) is 0 Å². The maximum absolute atomic E-state index is 12.0. The molecule has 1 aromatic rings. The van der Waals surface area contributed by atoms with E-state index < -0.39 is 0 Å². The van der Waals surface area contributed by atoms with Crippen LogP contribution in [0, 0.1) is 5.92 Å². The Labute approximate surface area is 111 Å². The van der Waals surface area contributed by atoms with Crippen LogP contribution < -0.4 is 5.32 Å². The molecule has 0 radical (unpaired) electrons. The van der Waals surface area contributed by atoms with E-state index in [-0.39, 0.29) is 11.9 Å². The van der Waals surface area contributed by atoms with E-state index in [0.29, 0.717) is 21.8 Å². The summed E-state index contributed by atoms with van der Waals surface area (Å²) in [5.41, 5.74) is 0.428. The molecular formula is C12H16Cl2N2O. The average molecular weight is 275 g/mol. The second-order valence-electron chi connectivity index (χ2n) is 4.69. The van der Waals surface area contributed by atoms with E-state index in [1.54, 1.807) is 6.07 Å². The van der Waals surface area contributed by atoms with Crippen LogP contribution in [-0.2, 0) is 0 Å². The minimum absolute atomic E-state index is 0.127. The molecule has 0 spiro atoms. The fourth-order valence-electron chi connectivity index (χ4n) is 2.30. The predicted octanol–water partition coefficient (Wildman–Crippen LogP) is 3.63. The molecule has 2 rings (SSSR count). The highest BCUT2D eigenvalue weighted by atomic mass is 35.5. The number of H-pyrrole nitrogens is 1. The number of carbonyl (C=O) groups excluding carboxylic acids is 1. The van der Waals surface area contributed by atoms with Gasteiger partial charge in [-0.1, -0.05) is 43.0 Å². The average Bonchev–Trinajstić information content (AvgIpc) is 2.63. The lowest BCUT2D eigenvalue weighted by atomic mass is 9.86. The van der Waals surface area contributed by atoms with Crippen LogP contribution in [0.2, 0.25) is 10.2 Å². The van der Waals surface area contributed by atoms with Crippen molar-refractivity contribution in [3.05, 3.63) is 21.9 Å². The molecule has 1 amide bonds. The molecule has 17 heavy (non-hydrogen) atoms. The van der Waals surface area contributed by atoms with Gasteiger partial charge in [-0.3, -0.25) is 4.79 Å². The van der Waals surface area contributed by atoms with Gasteiger partial charge in [0.15, 0.2) is 0 Å². The predicted molar refractivity (Wildman–Crippen MR) is 69.7 cm³/mol. The quantitative estimate of drug-likeness (QED) is 0.850. The summed E-state index contributed by atoms with van der Waals surface area (Å²) in [4.78, 5) is 14.7. The highest BCUT2D eigenvalue weighted by Crippen LogP contribution is 2.25. The van der Waals surface area contributed by atoms with Crippen LogP contribution in [0.25, 0.3) is 0 Å². The van der Waals surface area contributed by atoms with Gasteiger partial charge in [0.2, 0.25) is 0 Å². The summed E-state index contributed by atoms with van der Waals surface area (Å²) < 4.78 is 0. The largest absolute Gasteiger partial charge is 0.348 e. The summed E-state index contributed by atoms with van der Waals surface area (Å²) in [6.45, 7) is 2.18. The first kappa shape index (κ1) is 12.8. The van der Waals surface area contributed by atoms with E-state index in [9.17, 15) is 4.79 Å². The molecule has 2 N–H and O–H groups in total. The van der Waals surface area contributed by atoms with Crippen molar-refractivity contribution in [2.45, 2.75) is 38.6 Å². The molecule has 2 atom stereocenters. The normalized spacial score (nSPS) is 24.6. The Kier molecular flexibility index (Phi) is 4.00. The standard InChI is InChI=1S/C12H16Cl2N2O/c1-7-4-2-3-5-9(7)16-12(17)10-6-8(13)11(14)15-10/h6-7,9,15H,2-5H2,1H3,(H,16,17). The molecular weight excluding hydrogens is 259 g/mol.